The Balaban J connectivity index is 2.54. The molecule has 0 spiro atoms. The van der Waals surface area contributed by atoms with E-state index in [9.17, 15) is 14.7 Å². The van der Waals surface area contributed by atoms with Crippen LogP contribution < -0.4 is 24.6 Å². The normalized spacial score (nSPS) is 10.5. The Morgan fingerprint density at radius 3 is 2.20 bits per heavy atom. The van der Waals surface area contributed by atoms with Gasteiger partial charge in [-0.3, -0.25) is 4.79 Å². The van der Waals surface area contributed by atoms with E-state index in [4.69, 9.17) is 14.2 Å². The third-order valence-corrected chi connectivity index (χ3v) is 3.47. The summed E-state index contributed by atoms with van der Waals surface area (Å²) in [6.45, 7) is 0.492. The number of carbonyl (C=O) groups excluding carboxylic acids is 2. The Morgan fingerprint density at radius 2 is 1.68 bits per heavy atom. The average molecular weight is 350 g/mol. The number of hydrogen-bond donors (Lipinski definition) is 1. The summed E-state index contributed by atoms with van der Waals surface area (Å²) in [6.07, 6.45) is 5.12. The number of benzene rings is 1. The van der Waals surface area contributed by atoms with Gasteiger partial charge in [-0.05, 0) is 43.0 Å². The molecule has 1 aromatic rings. The summed E-state index contributed by atoms with van der Waals surface area (Å²) < 4.78 is 15.8. The Morgan fingerprint density at radius 1 is 1.04 bits per heavy atom. The minimum absolute atomic E-state index is 0.0506. The first kappa shape index (κ1) is 20.3. The monoisotopic (exact) mass is 350 g/mol. The number of carboxylic acid groups (broad SMARTS) is 1. The zero-order valence-electron chi connectivity index (χ0n) is 14.8. The van der Waals surface area contributed by atoms with Crippen molar-refractivity contribution in [1.82, 2.24) is 5.32 Å². The number of amides is 1. The highest BCUT2D eigenvalue weighted by molar-refractivity contribution is 5.91. The van der Waals surface area contributed by atoms with Gasteiger partial charge in [0, 0.05) is 18.6 Å². The molecule has 1 N–H and O–H groups in total. The molecular formula is C18H24NO6-. The number of hydrogen-bond acceptors (Lipinski definition) is 6. The SMILES string of the molecule is COc1cc(/C=C/C(=O)NCCCCCC(=O)[O-])cc(OC)c1OC. The minimum Gasteiger partial charge on any atom is -0.550 e. The second-order valence-electron chi connectivity index (χ2n) is 5.27. The molecule has 0 unspecified atom stereocenters. The lowest BCUT2D eigenvalue weighted by Crippen LogP contribution is -2.23. The predicted molar refractivity (Wildman–Crippen MR) is 91.6 cm³/mol. The van der Waals surface area contributed by atoms with Crippen molar-refractivity contribution in [3.05, 3.63) is 23.8 Å². The van der Waals surface area contributed by atoms with Crippen LogP contribution in [0.2, 0.25) is 0 Å². The molecule has 0 saturated heterocycles. The highest BCUT2D eigenvalue weighted by Crippen LogP contribution is 2.38. The second kappa shape index (κ2) is 11.0. The second-order valence-corrected chi connectivity index (χ2v) is 5.27. The van der Waals surface area contributed by atoms with Crippen LogP contribution in [0.3, 0.4) is 0 Å². The van der Waals surface area contributed by atoms with Gasteiger partial charge in [0.25, 0.3) is 0 Å². The summed E-state index contributed by atoms with van der Waals surface area (Å²) in [4.78, 5) is 22.1. The van der Waals surface area contributed by atoms with Gasteiger partial charge in [0.1, 0.15) is 0 Å². The van der Waals surface area contributed by atoms with Crippen LogP contribution in [0.25, 0.3) is 6.08 Å². The van der Waals surface area contributed by atoms with Gasteiger partial charge in [-0.2, -0.15) is 0 Å². The number of carboxylic acids is 1. The van der Waals surface area contributed by atoms with Crippen molar-refractivity contribution in [3.8, 4) is 17.2 Å². The van der Waals surface area contributed by atoms with Crippen molar-refractivity contribution in [3.63, 3.8) is 0 Å². The minimum atomic E-state index is -1.04. The van der Waals surface area contributed by atoms with Gasteiger partial charge in [-0.25, -0.2) is 0 Å². The summed E-state index contributed by atoms with van der Waals surface area (Å²) in [7, 11) is 4.58. The lowest BCUT2D eigenvalue weighted by atomic mass is 10.1. The van der Waals surface area contributed by atoms with Gasteiger partial charge in [-0.1, -0.05) is 6.42 Å². The average Bonchev–Trinajstić information content (AvgIpc) is 2.61. The van der Waals surface area contributed by atoms with Crippen molar-refractivity contribution >= 4 is 18.0 Å². The van der Waals surface area contributed by atoms with Crippen LogP contribution in [0.15, 0.2) is 18.2 Å². The Hall–Kier alpha value is -2.70. The number of nitrogens with one attached hydrogen (secondary N) is 1. The molecule has 1 amide bonds. The maximum absolute atomic E-state index is 11.8. The predicted octanol–water partition coefficient (Wildman–Crippen LogP) is 1.15. The third-order valence-electron chi connectivity index (χ3n) is 3.47. The molecule has 138 valence electrons. The van der Waals surface area contributed by atoms with E-state index in [2.05, 4.69) is 5.32 Å². The molecular weight excluding hydrogens is 326 g/mol. The standard InChI is InChI=1S/C18H25NO6/c1-23-14-11-13(12-15(24-2)18(14)25-3)8-9-16(20)19-10-6-4-5-7-17(21)22/h8-9,11-12H,4-7,10H2,1-3H3,(H,19,20)(H,21,22)/p-1/b9-8+. The van der Waals surface area contributed by atoms with Crippen molar-refractivity contribution in [2.24, 2.45) is 0 Å². The fraction of sp³-hybridized carbons (Fsp3) is 0.444. The van der Waals surface area contributed by atoms with Gasteiger partial charge in [0.05, 0.1) is 21.3 Å². The molecule has 0 aliphatic carbocycles. The highest BCUT2D eigenvalue weighted by Gasteiger charge is 2.12. The summed E-state index contributed by atoms with van der Waals surface area (Å²) in [6, 6.07) is 3.48. The van der Waals surface area contributed by atoms with Crippen molar-refractivity contribution in [2.45, 2.75) is 25.7 Å². The summed E-state index contributed by atoms with van der Waals surface area (Å²) >= 11 is 0. The molecule has 7 heteroatoms. The van der Waals surface area contributed by atoms with E-state index in [0.717, 1.165) is 18.4 Å². The molecule has 0 saturated carbocycles. The van der Waals surface area contributed by atoms with Gasteiger partial charge >= 0.3 is 0 Å². The smallest absolute Gasteiger partial charge is 0.243 e. The molecule has 0 heterocycles. The molecule has 0 bridgehead atoms. The lowest BCUT2D eigenvalue weighted by Gasteiger charge is -2.12. The van der Waals surface area contributed by atoms with E-state index in [1.807, 2.05) is 0 Å². The van der Waals surface area contributed by atoms with Gasteiger partial charge in [0.15, 0.2) is 11.5 Å². The zero-order valence-corrected chi connectivity index (χ0v) is 14.8. The molecule has 0 radical (unpaired) electrons. The molecule has 25 heavy (non-hydrogen) atoms. The Kier molecular flexibility index (Phi) is 8.92. The molecule has 1 aromatic carbocycles. The summed E-state index contributed by atoms with van der Waals surface area (Å²) in [5.74, 6) is 0.235. The number of rotatable bonds is 11. The van der Waals surface area contributed by atoms with E-state index in [-0.39, 0.29) is 12.3 Å². The van der Waals surface area contributed by atoms with Crippen LogP contribution in [0.1, 0.15) is 31.2 Å². The molecule has 0 fully saturated rings. The number of aliphatic carboxylic acids is 1. The van der Waals surface area contributed by atoms with E-state index in [1.165, 1.54) is 27.4 Å². The lowest BCUT2D eigenvalue weighted by molar-refractivity contribution is -0.305. The molecule has 7 nitrogen and oxygen atoms in total. The van der Waals surface area contributed by atoms with Crippen molar-refractivity contribution < 1.29 is 28.9 Å². The zero-order chi connectivity index (χ0) is 18.7. The summed E-state index contributed by atoms with van der Waals surface area (Å²) in [5.41, 5.74) is 0.735. The topological polar surface area (TPSA) is 96.9 Å². The van der Waals surface area contributed by atoms with Crippen LogP contribution in [-0.4, -0.2) is 39.8 Å². The number of methoxy groups -OCH3 is 3. The van der Waals surface area contributed by atoms with Crippen molar-refractivity contribution in [1.29, 1.82) is 0 Å². The van der Waals surface area contributed by atoms with Crippen LogP contribution in [-0.2, 0) is 9.59 Å². The third kappa shape index (κ3) is 7.15. The molecule has 0 aromatic heterocycles. The fourth-order valence-corrected chi connectivity index (χ4v) is 2.21. The first-order valence-electron chi connectivity index (χ1n) is 7.97. The van der Waals surface area contributed by atoms with Crippen LogP contribution in [0.5, 0.6) is 17.2 Å². The summed E-state index contributed by atoms with van der Waals surface area (Å²) in [5, 5.41) is 13.0. The Labute approximate surface area is 147 Å². The number of carbonyl (C=O) groups is 2. The van der Waals surface area contributed by atoms with E-state index < -0.39 is 5.97 Å². The number of unbranched alkanes of at least 4 members (excludes halogenated alkanes) is 2. The number of ether oxygens (including phenoxy) is 3. The first-order valence-corrected chi connectivity index (χ1v) is 7.97. The van der Waals surface area contributed by atoms with Crippen LogP contribution >= 0.6 is 0 Å². The first-order chi connectivity index (χ1) is 12.0. The van der Waals surface area contributed by atoms with E-state index in [0.29, 0.717) is 30.2 Å². The molecule has 0 atom stereocenters. The van der Waals surface area contributed by atoms with Crippen LogP contribution in [0.4, 0.5) is 0 Å². The molecule has 0 aliphatic heterocycles. The fourth-order valence-electron chi connectivity index (χ4n) is 2.21. The molecule has 0 aliphatic rings. The van der Waals surface area contributed by atoms with E-state index >= 15 is 0 Å². The largest absolute Gasteiger partial charge is 0.550 e. The highest BCUT2D eigenvalue weighted by atomic mass is 16.5. The maximum atomic E-state index is 11.8. The molecule has 1 rings (SSSR count). The maximum Gasteiger partial charge on any atom is 0.243 e. The van der Waals surface area contributed by atoms with Gasteiger partial charge in [0.2, 0.25) is 11.7 Å². The van der Waals surface area contributed by atoms with Crippen LogP contribution in [0, 0.1) is 0 Å². The van der Waals surface area contributed by atoms with Gasteiger partial charge in [-0.15, -0.1) is 0 Å². The van der Waals surface area contributed by atoms with Crippen molar-refractivity contribution in [2.75, 3.05) is 27.9 Å². The Bertz CT molecular complexity index is 587. The van der Waals surface area contributed by atoms with E-state index in [1.54, 1.807) is 18.2 Å². The quantitative estimate of drug-likeness (QED) is 0.475. The van der Waals surface area contributed by atoms with Gasteiger partial charge < -0.3 is 29.4 Å².